The maximum Gasteiger partial charge on any atom is 0.0703 e. The van der Waals surface area contributed by atoms with Crippen molar-refractivity contribution in [3.05, 3.63) is 11.3 Å². The van der Waals surface area contributed by atoms with Crippen molar-refractivity contribution in [1.29, 1.82) is 0 Å². The van der Waals surface area contributed by atoms with Gasteiger partial charge < -0.3 is 4.74 Å². The molecule has 0 atom stereocenters. The molecule has 0 aromatic carbocycles. The first-order valence-corrected chi connectivity index (χ1v) is 6.44. The molecule has 0 fully saturated rings. The van der Waals surface area contributed by atoms with E-state index in [2.05, 4.69) is 39.6 Å². The molecule has 1 rings (SSSR count). The molecule has 1 heterocycles. The van der Waals surface area contributed by atoms with Crippen molar-refractivity contribution in [2.45, 2.75) is 46.6 Å². The number of rotatable bonds is 2. The lowest BCUT2D eigenvalue weighted by atomic mass is 9.97. The zero-order chi connectivity index (χ0) is 11.5. The highest BCUT2D eigenvalue weighted by Crippen LogP contribution is 2.29. The SMILES string of the molecule is CCSC(C)=NC1=C(C)COC(C)(C)C1. The van der Waals surface area contributed by atoms with Crippen LogP contribution in [-0.4, -0.2) is 23.0 Å². The van der Waals surface area contributed by atoms with E-state index in [0.29, 0.717) is 0 Å². The molecule has 0 unspecified atom stereocenters. The Balaban J connectivity index is 2.79. The van der Waals surface area contributed by atoms with E-state index < -0.39 is 0 Å². The Labute approximate surface area is 97.2 Å². The smallest absolute Gasteiger partial charge is 0.0703 e. The topological polar surface area (TPSA) is 21.6 Å². The molecule has 1 aliphatic rings. The van der Waals surface area contributed by atoms with E-state index in [-0.39, 0.29) is 5.60 Å². The van der Waals surface area contributed by atoms with Crippen LogP contribution in [0, 0.1) is 0 Å². The second-order valence-electron chi connectivity index (χ2n) is 4.52. The molecule has 0 aromatic heterocycles. The molecule has 2 nitrogen and oxygen atoms in total. The first-order valence-electron chi connectivity index (χ1n) is 5.45. The fraction of sp³-hybridized carbons (Fsp3) is 0.750. The predicted molar refractivity (Wildman–Crippen MR) is 68.6 cm³/mol. The molecule has 0 amide bonds. The zero-order valence-corrected chi connectivity index (χ0v) is 11.2. The summed E-state index contributed by atoms with van der Waals surface area (Å²) in [6.07, 6.45) is 0.917. The van der Waals surface area contributed by atoms with Crippen LogP contribution in [-0.2, 0) is 4.74 Å². The van der Waals surface area contributed by atoms with Crippen LogP contribution in [0.3, 0.4) is 0 Å². The zero-order valence-electron chi connectivity index (χ0n) is 10.4. The monoisotopic (exact) mass is 227 g/mol. The highest BCUT2D eigenvalue weighted by atomic mass is 32.2. The first kappa shape index (κ1) is 12.8. The molecule has 15 heavy (non-hydrogen) atoms. The Morgan fingerprint density at radius 1 is 1.53 bits per heavy atom. The molecular formula is C12H21NOS. The van der Waals surface area contributed by atoms with Crippen molar-refractivity contribution in [2.75, 3.05) is 12.4 Å². The van der Waals surface area contributed by atoms with E-state index in [1.807, 2.05) is 0 Å². The van der Waals surface area contributed by atoms with Crippen molar-refractivity contribution in [2.24, 2.45) is 4.99 Å². The molecule has 86 valence electrons. The second-order valence-corrected chi connectivity index (χ2v) is 5.97. The van der Waals surface area contributed by atoms with Crippen LogP contribution in [0.15, 0.2) is 16.3 Å². The third kappa shape index (κ3) is 3.99. The van der Waals surface area contributed by atoms with E-state index in [1.165, 1.54) is 11.3 Å². The predicted octanol–water partition coefficient (Wildman–Crippen LogP) is 3.63. The minimum atomic E-state index is -0.0600. The van der Waals surface area contributed by atoms with Crippen LogP contribution in [0.1, 0.15) is 41.0 Å². The maximum atomic E-state index is 5.72. The Morgan fingerprint density at radius 2 is 2.20 bits per heavy atom. The normalized spacial score (nSPS) is 22.1. The van der Waals surface area contributed by atoms with E-state index in [1.54, 1.807) is 11.8 Å². The number of hydrogen-bond acceptors (Lipinski definition) is 3. The van der Waals surface area contributed by atoms with E-state index in [4.69, 9.17) is 4.74 Å². The Hall–Kier alpha value is -0.280. The van der Waals surface area contributed by atoms with Gasteiger partial charge in [0.25, 0.3) is 0 Å². The molecule has 0 aliphatic carbocycles. The quantitative estimate of drug-likeness (QED) is 0.531. The average molecular weight is 227 g/mol. The van der Waals surface area contributed by atoms with E-state index in [0.717, 1.165) is 23.8 Å². The summed E-state index contributed by atoms with van der Waals surface area (Å²) in [4.78, 5) is 4.68. The third-order valence-electron chi connectivity index (χ3n) is 2.41. The van der Waals surface area contributed by atoms with Crippen LogP contribution >= 0.6 is 11.8 Å². The standard InChI is InChI=1S/C12H21NOS/c1-6-15-10(3)13-11-7-12(4,5)14-8-9(11)2/h6-8H2,1-5H3. The molecule has 0 saturated heterocycles. The number of hydrogen-bond donors (Lipinski definition) is 0. The molecule has 1 aliphatic heterocycles. The van der Waals surface area contributed by atoms with Gasteiger partial charge in [0.05, 0.1) is 17.3 Å². The van der Waals surface area contributed by atoms with Gasteiger partial charge in [-0.1, -0.05) is 6.92 Å². The van der Waals surface area contributed by atoms with Gasteiger partial charge in [0, 0.05) is 12.1 Å². The van der Waals surface area contributed by atoms with Crippen molar-refractivity contribution in [3.8, 4) is 0 Å². The van der Waals surface area contributed by atoms with Gasteiger partial charge in [0.1, 0.15) is 0 Å². The van der Waals surface area contributed by atoms with Gasteiger partial charge in [-0.25, -0.2) is 0 Å². The summed E-state index contributed by atoms with van der Waals surface area (Å²) >= 11 is 1.80. The summed E-state index contributed by atoms with van der Waals surface area (Å²) < 4.78 is 5.72. The van der Waals surface area contributed by atoms with Crippen LogP contribution in [0.5, 0.6) is 0 Å². The van der Waals surface area contributed by atoms with E-state index in [9.17, 15) is 0 Å². The minimum absolute atomic E-state index is 0.0600. The number of nitrogens with zero attached hydrogens (tertiary/aromatic N) is 1. The van der Waals surface area contributed by atoms with Gasteiger partial charge in [-0.15, -0.1) is 11.8 Å². The molecule has 0 spiro atoms. The Kier molecular flexibility index (Phi) is 4.41. The summed E-state index contributed by atoms with van der Waals surface area (Å²) in [5.41, 5.74) is 2.42. The van der Waals surface area contributed by atoms with Crippen molar-refractivity contribution >= 4 is 16.8 Å². The van der Waals surface area contributed by atoms with Gasteiger partial charge >= 0.3 is 0 Å². The molecule has 0 aromatic rings. The molecule has 0 bridgehead atoms. The van der Waals surface area contributed by atoms with Crippen molar-refractivity contribution in [1.82, 2.24) is 0 Å². The highest BCUT2D eigenvalue weighted by molar-refractivity contribution is 8.13. The minimum Gasteiger partial charge on any atom is -0.371 e. The lowest BCUT2D eigenvalue weighted by molar-refractivity contribution is -0.0146. The van der Waals surface area contributed by atoms with Gasteiger partial charge in [0.2, 0.25) is 0 Å². The fourth-order valence-electron chi connectivity index (χ4n) is 1.56. The number of aliphatic imine (C=N–C) groups is 1. The average Bonchev–Trinajstić information content (AvgIpc) is 2.11. The Bertz CT molecular complexity index is 292. The van der Waals surface area contributed by atoms with Gasteiger partial charge in [-0.05, 0) is 39.0 Å². The van der Waals surface area contributed by atoms with Crippen LogP contribution in [0.4, 0.5) is 0 Å². The molecule has 0 saturated carbocycles. The lowest BCUT2D eigenvalue weighted by Crippen LogP contribution is -2.30. The highest BCUT2D eigenvalue weighted by Gasteiger charge is 2.26. The van der Waals surface area contributed by atoms with Crippen LogP contribution < -0.4 is 0 Å². The van der Waals surface area contributed by atoms with Crippen molar-refractivity contribution < 1.29 is 4.74 Å². The first-order chi connectivity index (χ1) is 6.94. The lowest BCUT2D eigenvalue weighted by Gasteiger charge is -2.31. The summed E-state index contributed by atoms with van der Waals surface area (Å²) in [7, 11) is 0. The second kappa shape index (κ2) is 5.17. The van der Waals surface area contributed by atoms with Gasteiger partial charge in [-0.3, -0.25) is 4.99 Å². The summed E-state index contributed by atoms with van der Waals surface area (Å²) in [5.74, 6) is 1.08. The molecular weight excluding hydrogens is 206 g/mol. The Morgan fingerprint density at radius 3 is 2.80 bits per heavy atom. The van der Waals surface area contributed by atoms with Gasteiger partial charge in [-0.2, -0.15) is 0 Å². The van der Waals surface area contributed by atoms with Crippen LogP contribution in [0.25, 0.3) is 0 Å². The van der Waals surface area contributed by atoms with Crippen LogP contribution in [0.2, 0.25) is 0 Å². The largest absolute Gasteiger partial charge is 0.371 e. The summed E-state index contributed by atoms with van der Waals surface area (Å²) in [6.45, 7) is 11.3. The molecule has 3 heteroatoms. The summed E-state index contributed by atoms with van der Waals surface area (Å²) in [6, 6.07) is 0. The van der Waals surface area contributed by atoms with Gasteiger partial charge in [0.15, 0.2) is 0 Å². The fourth-order valence-corrected chi connectivity index (χ4v) is 2.15. The number of ether oxygens (including phenoxy) is 1. The molecule has 0 N–H and O–H groups in total. The third-order valence-corrected chi connectivity index (χ3v) is 3.21. The molecule has 0 radical (unpaired) electrons. The van der Waals surface area contributed by atoms with E-state index >= 15 is 0 Å². The maximum absolute atomic E-state index is 5.72. The number of thioether (sulfide) groups is 1. The van der Waals surface area contributed by atoms with Crippen molar-refractivity contribution in [3.63, 3.8) is 0 Å². The summed E-state index contributed by atoms with van der Waals surface area (Å²) in [5, 5.41) is 1.16.